The summed E-state index contributed by atoms with van der Waals surface area (Å²) in [7, 11) is 5.40. The van der Waals surface area contributed by atoms with Crippen LogP contribution in [0.3, 0.4) is 0 Å². The lowest BCUT2D eigenvalue weighted by atomic mass is 10.2. The summed E-state index contributed by atoms with van der Waals surface area (Å²) in [6.07, 6.45) is -0.497. The molecule has 6 heteroatoms. The highest BCUT2D eigenvalue weighted by Gasteiger charge is 2.23. The van der Waals surface area contributed by atoms with Crippen molar-refractivity contribution in [3.8, 4) is 17.2 Å². The Morgan fingerprint density at radius 1 is 1.09 bits per heavy atom. The van der Waals surface area contributed by atoms with Gasteiger partial charge in [-0.15, -0.1) is 0 Å². The van der Waals surface area contributed by atoms with Gasteiger partial charge >= 0.3 is 0 Å². The molecule has 22 heavy (non-hydrogen) atoms. The molecule has 6 nitrogen and oxygen atoms in total. The van der Waals surface area contributed by atoms with Crippen molar-refractivity contribution >= 4 is 0 Å². The van der Waals surface area contributed by atoms with Gasteiger partial charge in [-0.1, -0.05) is 6.07 Å². The van der Waals surface area contributed by atoms with Crippen LogP contribution in [-0.4, -0.2) is 71.8 Å². The highest BCUT2D eigenvalue weighted by atomic mass is 16.5. The summed E-state index contributed by atoms with van der Waals surface area (Å²) in [5.41, 5.74) is 0. The first kappa shape index (κ1) is 16.9. The number of methoxy groups -OCH3 is 2. The van der Waals surface area contributed by atoms with Crippen LogP contribution in [0.25, 0.3) is 0 Å². The van der Waals surface area contributed by atoms with E-state index in [0.29, 0.717) is 23.8 Å². The highest BCUT2D eigenvalue weighted by molar-refractivity contribution is 5.51. The first-order valence-electron chi connectivity index (χ1n) is 7.80. The largest absolute Gasteiger partial charge is 0.493 e. The summed E-state index contributed by atoms with van der Waals surface area (Å²) in [6.45, 7) is 5.46. The molecule has 0 saturated carbocycles. The van der Waals surface area contributed by atoms with Gasteiger partial charge in [0.05, 0.1) is 21.3 Å². The van der Waals surface area contributed by atoms with Crippen molar-refractivity contribution in [1.82, 2.24) is 0 Å². The van der Waals surface area contributed by atoms with E-state index in [9.17, 15) is 5.11 Å². The van der Waals surface area contributed by atoms with Gasteiger partial charge in [-0.25, -0.2) is 0 Å². The maximum absolute atomic E-state index is 10.2. The van der Waals surface area contributed by atoms with E-state index < -0.39 is 6.10 Å². The minimum Gasteiger partial charge on any atom is -0.493 e. The third kappa shape index (κ3) is 4.50. The molecule has 2 rings (SSSR count). The molecule has 1 fully saturated rings. The van der Waals surface area contributed by atoms with Gasteiger partial charge < -0.3 is 29.1 Å². The number of rotatable bonds is 7. The zero-order chi connectivity index (χ0) is 15.9. The van der Waals surface area contributed by atoms with Gasteiger partial charge in [-0.2, -0.15) is 0 Å². The quantitative estimate of drug-likeness (QED) is 0.538. The molecule has 0 aliphatic carbocycles. The summed E-state index contributed by atoms with van der Waals surface area (Å²) in [5.74, 6) is 1.77. The number of hydrogen-bond donors (Lipinski definition) is 3. The molecule has 0 radical (unpaired) electrons. The van der Waals surface area contributed by atoms with Gasteiger partial charge in [0.2, 0.25) is 5.75 Å². The molecule has 1 aliphatic heterocycles. The molecular weight excluding hydrogens is 284 g/mol. The fourth-order valence-electron chi connectivity index (χ4n) is 2.77. The summed E-state index contributed by atoms with van der Waals surface area (Å²) in [5, 5.41) is 10.2. The van der Waals surface area contributed by atoms with Crippen molar-refractivity contribution in [2.24, 2.45) is 0 Å². The number of quaternary nitrogens is 2. The lowest BCUT2D eigenvalue weighted by molar-refractivity contribution is -1.00. The Kier molecular flexibility index (Phi) is 6.30. The molecule has 0 spiro atoms. The van der Waals surface area contributed by atoms with Crippen LogP contribution in [0.4, 0.5) is 0 Å². The zero-order valence-electron chi connectivity index (χ0n) is 13.7. The Morgan fingerprint density at radius 3 is 2.23 bits per heavy atom. The Bertz CT molecular complexity index is 439. The van der Waals surface area contributed by atoms with E-state index in [2.05, 4.69) is 7.05 Å². The van der Waals surface area contributed by atoms with Gasteiger partial charge in [0.25, 0.3) is 0 Å². The van der Waals surface area contributed by atoms with E-state index in [0.717, 1.165) is 26.2 Å². The lowest BCUT2D eigenvalue weighted by Crippen LogP contribution is -3.27. The van der Waals surface area contributed by atoms with Gasteiger partial charge in [-0.3, -0.25) is 0 Å². The molecule has 0 bridgehead atoms. The predicted molar refractivity (Wildman–Crippen MR) is 83.2 cm³/mol. The lowest BCUT2D eigenvalue weighted by Gasteiger charge is -2.28. The average Bonchev–Trinajstić information content (AvgIpc) is 2.54. The molecule has 1 saturated heterocycles. The van der Waals surface area contributed by atoms with Crippen LogP contribution in [0.5, 0.6) is 17.2 Å². The summed E-state index contributed by atoms with van der Waals surface area (Å²) < 4.78 is 16.3. The van der Waals surface area contributed by atoms with Gasteiger partial charge in [0, 0.05) is 0 Å². The molecule has 1 aromatic rings. The van der Waals surface area contributed by atoms with Crippen LogP contribution in [-0.2, 0) is 0 Å². The molecule has 1 aliphatic rings. The molecular formula is C16H28N2O4+2. The van der Waals surface area contributed by atoms with Crippen LogP contribution >= 0.6 is 0 Å². The van der Waals surface area contributed by atoms with E-state index in [4.69, 9.17) is 14.2 Å². The van der Waals surface area contributed by atoms with Crippen LogP contribution in [0.2, 0.25) is 0 Å². The number of hydrogen-bond acceptors (Lipinski definition) is 4. The Morgan fingerprint density at radius 2 is 1.68 bits per heavy atom. The van der Waals surface area contributed by atoms with Gasteiger partial charge in [0.1, 0.15) is 45.4 Å². The van der Waals surface area contributed by atoms with E-state index in [-0.39, 0.29) is 6.61 Å². The maximum atomic E-state index is 10.2. The molecule has 1 heterocycles. The van der Waals surface area contributed by atoms with E-state index in [1.165, 1.54) is 4.90 Å². The Hall–Kier alpha value is -1.50. The average molecular weight is 312 g/mol. The van der Waals surface area contributed by atoms with Crippen molar-refractivity contribution in [1.29, 1.82) is 0 Å². The number of aliphatic hydroxyl groups excluding tert-OH is 1. The summed E-state index contributed by atoms with van der Waals surface area (Å²) in [6, 6.07) is 5.48. The second-order valence-corrected chi connectivity index (χ2v) is 5.87. The topological polar surface area (TPSA) is 56.8 Å². The minimum atomic E-state index is -0.497. The molecule has 0 aromatic heterocycles. The number of benzene rings is 1. The second kappa shape index (κ2) is 8.22. The molecule has 124 valence electrons. The number of ether oxygens (including phenoxy) is 3. The van der Waals surface area contributed by atoms with Crippen molar-refractivity contribution in [2.45, 2.75) is 6.10 Å². The molecule has 1 atom stereocenters. The van der Waals surface area contributed by atoms with Crippen LogP contribution in [0, 0.1) is 0 Å². The number of nitrogens with one attached hydrogen (secondary N) is 2. The standard InChI is InChI=1S/C16H26N2O4/c1-17-7-9-18(10-8-17)11-13(19)12-22-16-14(20-2)5-4-6-15(16)21-3/h4-6,13,19H,7-12H2,1-3H3/p+2. The summed E-state index contributed by atoms with van der Waals surface area (Å²) in [4.78, 5) is 3.00. The third-order valence-corrected chi connectivity index (χ3v) is 4.14. The summed E-state index contributed by atoms with van der Waals surface area (Å²) >= 11 is 0. The molecule has 1 aromatic carbocycles. The fourth-order valence-corrected chi connectivity index (χ4v) is 2.77. The number of para-hydroxylation sites is 1. The minimum absolute atomic E-state index is 0.239. The van der Waals surface area contributed by atoms with Crippen LogP contribution < -0.4 is 24.0 Å². The van der Waals surface area contributed by atoms with Gasteiger partial charge in [-0.05, 0) is 12.1 Å². The smallest absolute Gasteiger partial charge is 0.203 e. The number of piperazine rings is 1. The van der Waals surface area contributed by atoms with Crippen molar-refractivity contribution in [3.05, 3.63) is 18.2 Å². The Balaban J connectivity index is 1.87. The fraction of sp³-hybridized carbons (Fsp3) is 0.625. The van der Waals surface area contributed by atoms with E-state index >= 15 is 0 Å². The third-order valence-electron chi connectivity index (χ3n) is 4.14. The molecule has 3 N–H and O–H groups in total. The van der Waals surface area contributed by atoms with E-state index in [1.54, 1.807) is 19.1 Å². The van der Waals surface area contributed by atoms with Crippen molar-refractivity contribution in [2.75, 3.05) is 60.6 Å². The maximum Gasteiger partial charge on any atom is 0.203 e. The van der Waals surface area contributed by atoms with Crippen LogP contribution in [0.1, 0.15) is 0 Å². The normalized spacial score (nSPS) is 22.9. The first-order valence-corrected chi connectivity index (χ1v) is 7.80. The van der Waals surface area contributed by atoms with Crippen LogP contribution in [0.15, 0.2) is 18.2 Å². The monoisotopic (exact) mass is 312 g/mol. The van der Waals surface area contributed by atoms with Crippen molar-refractivity contribution in [3.63, 3.8) is 0 Å². The van der Waals surface area contributed by atoms with Gasteiger partial charge in [0.15, 0.2) is 11.5 Å². The van der Waals surface area contributed by atoms with Crippen molar-refractivity contribution < 1.29 is 29.1 Å². The Labute approximate surface area is 132 Å². The zero-order valence-corrected chi connectivity index (χ0v) is 13.7. The molecule has 1 unspecified atom stereocenters. The van der Waals surface area contributed by atoms with E-state index in [1.807, 2.05) is 18.2 Å². The number of likely N-dealkylation sites (N-methyl/N-ethyl adjacent to an activating group) is 1. The number of aliphatic hydroxyl groups is 1. The SMILES string of the molecule is COc1cccc(OC)c1OCC(O)C[NH+]1CC[NH+](C)CC1. The predicted octanol–water partition coefficient (Wildman–Crippen LogP) is -2.14. The highest BCUT2D eigenvalue weighted by Crippen LogP contribution is 2.36. The molecule has 0 amide bonds. The second-order valence-electron chi connectivity index (χ2n) is 5.87. The first-order chi connectivity index (χ1) is 10.6.